The molecule has 0 aliphatic heterocycles. The minimum absolute atomic E-state index is 0.188. The third kappa shape index (κ3) is 7.06. The maximum atomic E-state index is 13.0. The fourth-order valence-corrected chi connectivity index (χ4v) is 3.07. The van der Waals surface area contributed by atoms with Gasteiger partial charge in [-0.05, 0) is 61.8 Å². The predicted molar refractivity (Wildman–Crippen MR) is 103 cm³/mol. The van der Waals surface area contributed by atoms with Gasteiger partial charge in [0.2, 0.25) is 0 Å². The van der Waals surface area contributed by atoms with Gasteiger partial charge in [-0.15, -0.1) is 0 Å². The lowest BCUT2D eigenvalue weighted by Gasteiger charge is -2.26. The molecule has 1 aliphatic rings. The lowest BCUT2D eigenvalue weighted by atomic mass is 9.82. The number of allylic oxidation sites excluding steroid dienone is 2. The van der Waals surface area contributed by atoms with Gasteiger partial charge in [-0.25, -0.2) is 14.6 Å². The van der Waals surface area contributed by atoms with E-state index < -0.39 is 17.8 Å². The molecule has 0 aromatic heterocycles. The molecule has 2 unspecified atom stereocenters. The number of ether oxygens (including phenoxy) is 1. The van der Waals surface area contributed by atoms with Crippen molar-refractivity contribution in [2.45, 2.75) is 33.1 Å². The first-order valence-electron chi connectivity index (χ1n) is 8.86. The normalized spacial score (nSPS) is 17.9. The number of hydrazine groups is 1. The molecule has 2 rings (SSSR count). The van der Waals surface area contributed by atoms with Gasteiger partial charge in [0.1, 0.15) is 5.82 Å². The molecule has 146 valence electrons. The number of hydrogen-bond donors (Lipinski definition) is 2. The third-order valence-corrected chi connectivity index (χ3v) is 4.95. The molecule has 0 radical (unpaired) electrons. The molecule has 1 aliphatic carbocycles. The summed E-state index contributed by atoms with van der Waals surface area (Å²) in [6.07, 6.45) is 7.31. The van der Waals surface area contributed by atoms with E-state index in [0.29, 0.717) is 18.1 Å². The number of carbonyl (C=O) groups excluding carboxylic acids is 2. The van der Waals surface area contributed by atoms with Crippen molar-refractivity contribution in [3.8, 4) is 0 Å². The van der Waals surface area contributed by atoms with Gasteiger partial charge < -0.3 is 4.74 Å². The fourth-order valence-electron chi connectivity index (χ4n) is 2.84. The second-order valence-electron chi connectivity index (χ2n) is 6.77. The monoisotopic (exact) mass is 394 g/mol. The largest absolute Gasteiger partial charge is 0.448 e. The first kappa shape index (κ1) is 21.0. The number of halogens is 2. The van der Waals surface area contributed by atoms with Crippen LogP contribution in [0.5, 0.6) is 0 Å². The first-order chi connectivity index (χ1) is 12.8. The smallest absolute Gasteiger partial charge is 0.426 e. The van der Waals surface area contributed by atoms with Gasteiger partial charge in [0.05, 0.1) is 11.6 Å². The molecule has 0 fully saturated rings. The standard InChI is InChI=1S/C20H24ClFN2O3/c1-13-3-5-15(6-4-13)14(2)12-27-20(26)24-23-19(25)10-8-16-7-9-17(22)11-18(16)21/h3,7-11,14-15H,4-6,12H2,1-2H3,(H,23,25)(H,24,26)/b10-8+. The molecule has 0 saturated heterocycles. The highest BCUT2D eigenvalue weighted by Crippen LogP contribution is 2.29. The van der Waals surface area contributed by atoms with Crippen molar-refractivity contribution in [3.05, 3.63) is 52.3 Å². The van der Waals surface area contributed by atoms with Crippen molar-refractivity contribution >= 4 is 29.7 Å². The first-order valence-corrected chi connectivity index (χ1v) is 9.24. The number of amides is 2. The van der Waals surface area contributed by atoms with Crippen molar-refractivity contribution < 1.29 is 18.7 Å². The molecule has 2 atom stereocenters. The highest BCUT2D eigenvalue weighted by Gasteiger charge is 2.20. The Morgan fingerprint density at radius 1 is 1.41 bits per heavy atom. The molecule has 1 aromatic rings. The van der Waals surface area contributed by atoms with E-state index in [4.69, 9.17) is 16.3 Å². The fraction of sp³-hybridized carbons (Fsp3) is 0.400. The second-order valence-corrected chi connectivity index (χ2v) is 7.18. The minimum atomic E-state index is -0.717. The Kier molecular flexibility index (Phi) is 7.85. The Morgan fingerprint density at radius 2 is 2.19 bits per heavy atom. The highest BCUT2D eigenvalue weighted by molar-refractivity contribution is 6.32. The van der Waals surface area contributed by atoms with Gasteiger partial charge in [0.15, 0.2) is 0 Å². The van der Waals surface area contributed by atoms with E-state index in [0.717, 1.165) is 25.3 Å². The predicted octanol–water partition coefficient (Wildman–Crippen LogP) is 4.63. The molecule has 2 N–H and O–H groups in total. The summed E-state index contributed by atoms with van der Waals surface area (Å²) in [7, 11) is 0. The summed E-state index contributed by atoms with van der Waals surface area (Å²) in [5.41, 5.74) is 6.31. The van der Waals surface area contributed by atoms with Gasteiger partial charge in [0.25, 0.3) is 5.91 Å². The maximum absolute atomic E-state index is 13.0. The zero-order chi connectivity index (χ0) is 19.8. The molecule has 0 heterocycles. The van der Waals surface area contributed by atoms with Crippen LogP contribution >= 0.6 is 11.6 Å². The van der Waals surface area contributed by atoms with E-state index in [1.54, 1.807) is 0 Å². The van der Waals surface area contributed by atoms with Gasteiger partial charge in [0, 0.05) is 6.08 Å². The summed E-state index contributed by atoms with van der Waals surface area (Å²) in [4.78, 5) is 23.4. The van der Waals surface area contributed by atoms with E-state index in [-0.39, 0.29) is 10.9 Å². The third-order valence-electron chi connectivity index (χ3n) is 4.63. The molecule has 0 bridgehead atoms. The van der Waals surface area contributed by atoms with E-state index >= 15 is 0 Å². The van der Waals surface area contributed by atoms with Crippen molar-refractivity contribution in [3.63, 3.8) is 0 Å². The molecule has 27 heavy (non-hydrogen) atoms. The van der Waals surface area contributed by atoms with Gasteiger partial charge >= 0.3 is 6.09 Å². The Hall–Kier alpha value is -2.34. The van der Waals surface area contributed by atoms with E-state index in [1.807, 2.05) is 0 Å². The molecular formula is C20H24ClFN2O3. The summed E-state index contributed by atoms with van der Waals surface area (Å²) in [6.45, 7) is 4.48. The van der Waals surface area contributed by atoms with Crippen LogP contribution in [0.2, 0.25) is 5.02 Å². The molecule has 2 amide bonds. The molecule has 1 aromatic carbocycles. The zero-order valence-corrected chi connectivity index (χ0v) is 16.2. The van der Waals surface area contributed by atoms with Gasteiger partial charge in [-0.2, -0.15) is 0 Å². The number of carbonyl (C=O) groups is 2. The van der Waals surface area contributed by atoms with Crippen LogP contribution in [-0.4, -0.2) is 18.6 Å². The van der Waals surface area contributed by atoms with Crippen LogP contribution in [0.3, 0.4) is 0 Å². The summed E-state index contributed by atoms with van der Waals surface area (Å²) >= 11 is 5.87. The highest BCUT2D eigenvalue weighted by atomic mass is 35.5. The van der Waals surface area contributed by atoms with Crippen molar-refractivity contribution in [1.82, 2.24) is 10.9 Å². The van der Waals surface area contributed by atoms with Crippen molar-refractivity contribution in [2.24, 2.45) is 11.8 Å². The number of nitrogens with one attached hydrogen (secondary N) is 2. The van der Waals surface area contributed by atoms with Crippen molar-refractivity contribution in [1.29, 1.82) is 0 Å². The van der Waals surface area contributed by atoms with E-state index in [2.05, 4.69) is 30.8 Å². The van der Waals surface area contributed by atoms with Crippen LogP contribution in [0.15, 0.2) is 35.9 Å². The van der Waals surface area contributed by atoms with Crippen LogP contribution in [-0.2, 0) is 9.53 Å². The Labute approximate surface area is 163 Å². The summed E-state index contributed by atoms with van der Waals surface area (Å²) in [5, 5.41) is 0.188. The van der Waals surface area contributed by atoms with Crippen LogP contribution in [0.25, 0.3) is 6.08 Å². The molecule has 5 nitrogen and oxygen atoms in total. The van der Waals surface area contributed by atoms with Gasteiger partial charge in [-0.1, -0.05) is 36.2 Å². The Bertz CT molecular complexity index is 749. The average molecular weight is 395 g/mol. The van der Waals surface area contributed by atoms with E-state index in [9.17, 15) is 14.0 Å². The lowest BCUT2D eigenvalue weighted by Crippen LogP contribution is -2.41. The topological polar surface area (TPSA) is 67.4 Å². The van der Waals surface area contributed by atoms with Crippen LogP contribution in [0, 0.1) is 17.7 Å². The van der Waals surface area contributed by atoms with Crippen LogP contribution < -0.4 is 10.9 Å². The Morgan fingerprint density at radius 3 is 2.85 bits per heavy atom. The number of benzene rings is 1. The second kappa shape index (κ2) is 10.1. The molecule has 0 spiro atoms. The molecule has 7 heteroatoms. The number of hydrogen-bond acceptors (Lipinski definition) is 3. The lowest BCUT2D eigenvalue weighted by molar-refractivity contribution is -0.117. The maximum Gasteiger partial charge on any atom is 0.426 e. The minimum Gasteiger partial charge on any atom is -0.448 e. The SMILES string of the molecule is CC1=CCC(C(C)COC(=O)NNC(=O)/C=C/c2ccc(F)cc2Cl)CC1. The molecular weight excluding hydrogens is 371 g/mol. The van der Waals surface area contributed by atoms with E-state index in [1.165, 1.54) is 29.9 Å². The average Bonchev–Trinajstić information content (AvgIpc) is 2.64. The summed E-state index contributed by atoms with van der Waals surface area (Å²) in [6, 6.07) is 3.84. The summed E-state index contributed by atoms with van der Waals surface area (Å²) < 4.78 is 18.1. The van der Waals surface area contributed by atoms with Crippen molar-refractivity contribution in [2.75, 3.05) is 6.61 Å². The summed E-state index contributed by atoms with van der Waals surface area (Å²) in [5.74, 6) is -0.274. The van der Waals surface area contributed by atoms with Gasteiger partial charge in [-0.3, -0.25) is 10.2 Å². The van der Waals surface area contributed by atoms with Crippen LogP contribution in [0.1, 0.15) is 38.7 Å². The Balaban J connectivity index is 1.70. The molecule has 0 saturated carbocycles. The number of rotatable bonds is 5. The van der Waals surface area contributed by atoms with Crippen LogP contribution in [0.4, 0.5) is 9.18 Å². The zero-order valence-electron chi connectivity index (χ0n) is 15.4. The quantitative estimate of drug-likeness (QED) is 0.434.